The van der Waals surface area contributed by atoms with Gasteiger partial charge in [0.15, 0.2) is 0 Å². The van der Waals surface area contributed by atoms with Gasteiger partial charge in [-0.15, -0.1) is 0 Å². The van der Waals surface area contributed by atoms with E-state index in [1.807, 2.05) is 0 Å². The molecule has 1 rings (SSSR count). The Morgan fingerprint density at radius 1 is 1.32 bits per heavy atom. The molecule has 0 aromatic heterocycles. The molecule has 0 aromatic rings. The van der Waals surface area contributed by atoms with Crippen LogP contribution >= 0.6 is 0 Å². The van der Waals surface area contributed by atoms with Gasteiger partial charge in [0, 0.05) is 12.6 Å². The average molecular weight is 269 g/mol. The van der Waals surface area contributed by atoms with Gasteiger partial charge in [0.1, 0.15) is 0 Å². The van der Waals surface area contributed by atoms with Crippen LogP contribution in [0, 0.1) is 0 Å². The van der Waals surface area contributed by atoms with Gasteiger partial charge in [-0.05, 0) is 52.2 Å². The van der Waals surface area contributed by atoms with Crippen molar-refractivity contribution in [3.8, 4) is 0 Å². The average Bonchev–Trinajstić information content (AvgIpc) is 2.45. The summed E-state index contributed by atoms with van der Waals surface area (Å²) in [6.07, 6.45) is 5.62. The van der Waals surface area contributed by atoms with Crippen LogP contribution < -0.4 is 10.6 Å². The third kappa shape index (κ3) is 5.49. The van der Waals surface area contributed by atoms with Crippen molar-refractivity contribution in [2.75, 3.05) is 26.2 Å². The molecule has 1 aliphatic rings. The van der Waals surface area contributed by atoms with E-state index in [1.165, 1.54) is 0 Å². The Balaban J connectivity index is 2.50. The monoisotopic (exact) mass is 269 g/mol. The van der Waals surface area contributed by atoms with E-state index in [4.69, 9.17) is 0 Å². The smallest absolute Gasteiger partial charge is 0.237 e. The molecule has 0 radical (unpaired) electrons. The molecule has 1 saturated heterocycles. The first kappa shape index (κ1) is 16.4. The molecule has 1 fully saturated rings. The highest BCUT2D eigenvalue weighted by Crippen LogP contribution is 2.16. The van der Waals surface area contributed by atoms with Gasteiger partial charge in [-0.3, -0.25) is 9.69 Å². The largest absolute Gasteiger partial charge is 0.355 e. The molecule has 0 aromatic carbocycles. The zero-order valence-electron chi connectivity index (χ0n) is 12.9. The first-order chi connectivity index (χ1) is 9.20. The van der Waals surface area contributed by atoms with Crippen LogP contribution in [0.5, 0.6) is 0 Å². The Hall–Kier alpha value is -0.610. The van der Waals surface area contributed by atoms with Crippen LogP contribution in [0.15, 0.2) is 0 Å². The molecule has 0 saturated carbocycles. The highest BCUT2D eigenvalue weighted by atomic mass is 16.2. The number of amides is 1. The van der Waals surface area contributed by atoms with Crippen molar-refractivity contribution in [1.29, 1.82) is 0 Å². The van der Waals surface area contributed by atoms with Gasteiger partial charge >= 0.3 is 0 Å². The van der Waals surface area contributed by atoms with Crippen molar-refractivity contribution in [1.82, 2.24) is 15.5 Å². The van der Waals surface area contributed by atoms with Crippen molar-refractivity contribution in [2.24, 2.45) is 0 Å². The Morgan fingerprint density at radius 3 is 2.58 bits per heavy atom. The van der Waals surface area contributed by atoms with Crippen LogP contribution in [0.4, 0.5) is 0 Å². The number of nitrogens with one attached hydrogen (secondary N) is 2. The van der Waals surface area contributed by atoms with Crippen LogP contribution in [-0.4, -0.2) is 49.1 Å². The first-order valence-corrected chi connectivity index (χ1v) is 7.94. The predicted octanol–water partition coefficient (Wildman–Crippen LogP) is 1.76. The Morgan fingerprint density at radius 2 is 2.00 bits per heavy atom. The van der Waals surface area contributed by atoms with Gasteiger partial charge < -0.3 is 10.6 Å². The highest BCUT2D eigenvalue weighted by molar-refractivity contribution is 5.81. The van der Waals surface area contributed by atoms with Crippen LogP contribution in [0.1, 0.15) is 52.9 Å². The van der Waals surface area contributed by atoms with Gasteiger partial charge in [-0.25, -0.2) is 0 Å². The number of piperidine rings is 1. The van der Waals surface area contributed by atoms with E-state index in [0.29, 0.717) is 6.04 Å². The first-order valence-electron chi connectivity index (χ1n) is 7.94. The fraction of sp³-hybridized carbons (Fsp3) is 0.933. The van der Waals surface area contributed by atoms with Gasteiger partial charge in [0.05, 0.1) is 6.04 Å². The molecule has 112 valence electrons. The minimum absolute atomic E-state index is 0.0000869. The number of rotatable bonds is 8. The van der Waals surface area contributed by atoms with Crippen molar-refractivity contribution in [2.45, 2.75) is 65.0 Å². The van der Waals surface area contributed by atoms with E-state index < -0.39 is 0 Å². The normalized spacial score (nSPS) is 18.5. The summed E-state index contributed by atoms with van der Waals surface area (Å²) in [5, 5.41) is 6.46. The molecule has 4 nitrogen and oxygen atoms in total. The summed E-state index contributed by atoms with van der Waals surface area (Å²) in [4.78, 5) is 14.6. The summed E-state index contributed by atoms with van der Waals surface area (Å²) in [5.74, 6) is 0.195. The Bertz CT molecular complexity index is 252. The molecule has 0 spiro atoms. The summed E-state index contributed by atoms with van der Waals surface area (Å²) in [5.41, 5.74) is 0. The molecule has 0 bridgehead atoms. The number of nitrogens with zero attached hydrogens (tertiary/aromatic N) is 1. The number of hydrogen-bond acceptors (Lipinski definition) is 3. The predicted molar refractivity (Wildman–Crippen MR) is 80.3 cm³/mol. The number of hydrogen-bond donors (Lipinski definition) is 2. The van der Waals surface area contributed by atoms with Crippen molar-refractivity contribution in [3.05, 3.63) is 0 Å². The van der Waals surface area contributed by atoms with E-state index in [9.17, 15) is 4.79 Å². The van der Waals surface area contributed by atoms with E-state index >= 15 is 0 Å². The maximum absolute atomic E-state index is 12.2. The van der Waals surface area contributed by atoms with E-state index in [1.54, 1.807) is 0 Å². The highest BCUT2D eigenvalue weighted by Gasteiger charge is 2.28. The van der Waals surface area contributed by atoms with Gasteiger partial charge in [0.25, 0.3) is 0 Å². The lowest BCUT2D eigenvalue weighted by Crippen LogP contribution is -2.52. The fourth-order valence-electron chi connectivity index (χ4n) is 2.78. The van der Waals surface area contributed by atoms with E-state index in [0.717, 1.165) is 58.3 Å². The van der Waals surface area contributed by atoms with Crippen LogP contribution in [-0.2, 0) is 4.79 Å². The topological polar surface area (TPSA) is 44.4 Å². The molecule has 1 amide bonds. The molecule has 1 atom stereocenters. The molecule has 19 heavy (non-hydrogen) atoms. The second-order valence-corrected chi connectivity index (χ2v) is 5.54. The SMILES string of the molecule is CCCCNC(=O)C(C)N(CCC)C1CCNCC1. The Kier molecular flexibility index (Phi) is 8.07. The quantitative estimate of drug-likeness (QED) is 0.660. The lowest BCUT2D eigenvalue weighted by Gasteiger charge is -2.38. The van der Waals surface area contributed by atoms with Crippen molar-refractivity contribution < 1.29 is 4.79 Å². The molecular formula is C15H31N3O. The molecule has 4 heteroatoms. The minimum atomic E-state index is -0.0000869. The zero-order valence-corrected chi connectivity index (χ0v) is 12.9. The molecule has 1 heterocycles. The van der Waals surface area contributed by atoms with E-state index in [2.05, 4.69) is 36.3 Å². The molecule has 1 unspecified atom stereocenters. The maximum Gasteiger partial charge on any atom is 0.237 e. The lowest BCUT2D eigenvalue weighted by molar-refractivity contribution is -0.127. The second-order valence-electron chi connectivity index (χ2n) is 5.54. The minimum Gasteiger partial charge on any atom is -0.355 e. The lowest BCUT2D eigenvalue weighted by atomic mass is 10.0. The second kappa shape index (κ2) is 9.32. The maximum atomic E-state index is 12.2. The molecule has 0 aliphatic carbocycles. The van der Waals surface area contributed by atoms with Gasteiger partial charge in [-0.1, -0.05) is 20.3 Å². The zero-order chi connectivity index (χ0) is 14.1. The fourth-order valence-corrected chi connectivity index (χ4v) is 2.78. The molecular weight excluding hydrogens is 238 g/mol. The third-order valence-corrected chi connectivity index (χ3v) is 3.97. The number of unbranched alkanes of at least 4 members (excludes halogenated alkanes) is 1. The number of carbonyl (C=O) groups is 1. The van der Waals surface area contributed by atoms with Crippen LogP contribution in [0.3, 0.4) is 0 Å². The van der Waals surface area contributed by atoms with Crippen molar-refractivity contribution >= 4 is 5.91 Å². The number of carbonyl (C=O) groups excluding carboxylic acids is 1. The summed E-state index contributed by atoms with van der Waals surface area (Å²) >= 11 is 0. The van der Waals surface area contributed by atoms with Gasteiger partial charge in [-0.2, -0.15) is 0 Å². The van der Waals surface area contributed by atoms with Crippen LogP contribution in [0.2, 0.25) is 0 Å². The summed E-state index contributed by atoms with van der Waals surface area (Å²) in [7, 11) is 0. The van der Waals surface area contributed by atoms with Crippen LogP contribution in [0.25, 0.3) is 0 Å². The summed E-state index contributed by atoms with van der Waals surface area (Å²) in [6, 6.07) is 0.563. The van der Waals surface area contributed by atoms with Gasteiger partial charge in [0.2, 0.25) is 5.91 Å². The van der Waals surface area contributed by atoms with E-state index in [-0.39, 0.29) is 11.9 Å². The summed E-state index contributed by atoms with van der Waals surface area (Å²) < 4.78 is 0. The molecule has 1 aliphatic heterocycles. The van der Waals surface area contributed by atoms with Crippen molar-refractivity contribution in [3.63, 3.8) is 0 Å². The Labute approximate surface area is 118 Å². The summed E-state index contributed by atoms with van der Waals surface area (Å²) in [6.45, 7) is 10.4. The standard InChI is InChI=1S/C15H31N3O/c1-4-6-9-17-15(19)13(3)18(12-5-2)14-7-10-16-11-8-14/h13-14,16H,4-12H2,1-3H3,(H,17,19). The third-order valence-electron chi connectivity index (χ3n) is 3.97. The molecule has 2 N–H and O–H groups in total.